The van der Waals surface area contributed by atoms with E-state index in [1.807, 2.05) is 29.0 Å². The average Bonchev–Trinajstić information content (AvgIpc) is 3.15. The first-order valence-electron chi connectivity index (χ1n) is 7.93. The highest BCUT2D eigenvalue weighted by Gasteiger charge is 2.25. The molecular formula is C17H17N5O2. The maximum Gasteiger partial charge on any atom is 0.407 e. The molecule has 1 saturated heterocycles. The van der Waals surface area contributed by atoms with Crippen molar-refractivity contribution in [3.8, 4) is 5.69 Å². The highest BCUT2D eigenvalue weighted by molar-refractivity contribution is 5.83. The van der Waals surface area contributed by atoms with Gasteiger partial charge in [0.15, 0.2) is 0 Å². The molecule has 0 unspecified atom stereocenters. The number of amides is 1. The molecule has 0 bridgehead atoms. The number of rotatable bonds is 2. The number of carbonyl (C=O) groups is 1. The van der Waals surface area contributed by atoms with Crippen molar-refractivity contribution in [2.24, 2.45) is 0 Å². The van der Waals surface area contributed by atoms with Crippen LogP contribution in [0.3, 0.4) is 0 Å². The Morgan fingerprint density at radius 1 is 1.21 bits per heavy atom. The summed E-state index contributed by atoms with van der Waals surface area (Å²) in [6, 6.07) is 6.10. The molecule has 0 atom stereocenters. The minimum Gasteiger partial charge on any atom is -0.465 e. The van der Waals surface area contributed by atoms with Crippen molar-refractivity contribution in [2.45, 2.75) is 18.8 Å². The summed E-state index contributed by atoms with van der Waals surface area (Å²) in [4.78, 5) is 25.5. The van der Waals surface area contributed by atoms with Gasteiger partial charge in [-0.15, -0.1) is 0 Å². The van der Waals surface area contributed by atoms with Crippen molar-refractivity contribution in [1.82, 2.24) is 24.4 Å². The summed E-state index contributed by atoms with van der Waals surface area (Å²) in [5, 5.41) is 10.1. The fourth-order valence-electron chi connectivity index (χ4n) is 3.31. The molecule has 4 rings (SSSR count). The van der Waals surface area contributed by atoms with Crippen LogP contribution in [-0.4, -0.2) is 48.7 Å². The third-order valence-electron chi connectivity index (χ3n) is 4.61. The van der Waals surface area contributed by atoms with E-state index < -0.39 is 6.09 Å². The third-order valence-corrected chi connectivity index (χ3v) is 4.61. The first kappa shape index (κ1) is 14.6. The number of hydrogen-bond acceptors (Lipinski definition) is 4. The molecule has 7 heteroatoms. The van der Waals surface area contributed by atoms with Gasteiger partial charge in [0, 0.05) is 42.5 Å². The van der Waals surface area contributed by atoms with Crippen molar-refractivity contribution in [3.05, 3.63) is 48.9 Å². The first-order valence-corrected chi connectivity index (χ1v) is 7.93. The van der Waals surface area contributed by atoms with Gasteiger partial charge in [0.05, 0.1) is 17.5 Å². The van der Waals surface area contributed by atoms with Gasteiger partial charge in [-0.1, -0.05) is 0 Å². The van der Waals surface area contributed by atoms with Crippen molar-refractivity contribution in [2.75, 3.05) is 13.1 Å². The summed E-state index contributed by atoms with van der Waals surface area (Å²) >= 11 is 0. The number of nitrogens with zero attached hydrogens (tertiary/aromatic N) is 5. The largest absolute Gasteiger partial charge is 0.465 e. The quantitative estimate of drug-likeness (QED) is 0.784. The molecule has 2 aromatic heterocycles. The van der Waals surface area contributed by atoms with Crippen LogP contribution < -0.4 is 0 Å². The number of fused-ring (bicyclic) bond motifs is 1. The number of likely N-dealkylation sites (tertiary alicyclic amines) is 1. The zero-order valence-electron chi connectivity index (χ0n) is 13.0. The summed E-state index contributed by atoms with van der Waals surface area (Å²) in [6.45, 7) is 1.11. The number of imidazole rings is 1. The fraction of sp³-hybridized carbons (Fsp3) is 0.294. The Morgan fingerprint density at radius 2 is 2.04 bits per heavy atom. The van der Waals surface area contributed by atoms with Gasteiger partial charge < -0.3 is 14.6 Å². The first-order chi connectivity index (χ1) is 11.7. The van der Waals surface area contributed by atoms with Crippen LogP contribution in [0.1, 0.15) is 24.5 Å². The molecule has 7 nitrogen and oxygen atoms in total. The maximum atomic E-state index is 11.1. The summed E-state index contributed by atoms with van der Waals surface area (Å²) in [5.41, 5.74) is 2.92. The van der Waals surface area contributed by atoms with Crippen molar-refractivity contribution in [3.63, 3.8) is 0 Å². The third kappa shape index (κ3) is 2.58. The Hall–Kier alpha value is -2.96. The van der Waals surface area contributed by atoms with E-state index in [1.54, 1.807) is 18.9 Å². The Bertz CT molecular complexity index is 870. The second kappa shape index (κ2) is 5.92. The van der Waals surface area contributed by atoms with E-state index in [0.29, 0.717) is 13.1 Å². The topological polar surface area (TPSA) is 84.1 Å². The molecule has 1 amide bonds. The second-order valence-electron chi connectivity index (χ2n) is 5.97. The summed E-state index contributed by atoms with van der Waals surface area (Å²) in [6.07, 6.45) is 7.73. The van der Waals surface area contributed by atoms with Gasteiger partial charge in [0.25, 0.3) is 0 Å². The molecule has 1 aliphatic heterocycles. The van der Waals surface area contributed by atoms with Crippen LogP contribution >= 0.6 is 0 Å². The molecule has 0 spiro atoms. The predicted octanol–water partition coefficient (Wildman–Crippen LogP) is 2.67. The SMILES string of the molecule is O=C(O)N1CCC(c2ncnc3cc(-n4ccnc4)ccc23)CC1. The minimum absolute atomic E-state index is 0.269. The van der Waals surface area contributed by atoms with Gasteiger partial charge in [-0.05, 0) is 31.0 Å². The zero-order valence-corrected chi connectivity index (χ0v) is 13.0. The molecular weight excluding hydrogens is 306 g/mol. The van der Waals surface area contributed by atoms with Crippen LogP contribution in [-0.2, 0) is 0 Å². The Balaban J connectivity index is 1.66. The Kier molecular flexibility index (Phi) is 3.60. The van der Waals surface area contributed by atoms with Gasteiger partial charge in [-0.2, -0.15) is 0 Å². The lowest BCUT2D eigenvalue weighted by atomic mass is 9.91. The number of benzene rings is 1. The molecule has 122 valence electrons. The van der Waals surface area contributed by atoms with Gasteiger partial charge in [-0.3, -0.25) is 0 Å². The zero-order chi connectivity index (χ0) is 16.5. The lowest BCUT2D eigenvalue weighted by molar-refractivity contribution is 0.132. The molecule has 1 aromatic carbocycles. The normalized spacial score (nSPS) is 15.8. The van der Waals surface area contributed by atoms with Crippen molar-refractivity contribution < 1.29 is 9.90 Å². The van der Waals surface area contributed by atoms with E-state index in [-0.39, 0.29) is 5.92 Å². The van der Waals surface area contributed by atoms with Crippen LogP contribution in [0, 0.1) is 0 Å². The van der Waals surface area contributed by atoms with Crippen LogP contribution in [0.2, 0.25) is 0 Å². The minimum atomic E-state index is -0.842. The maximum absolute atomic E-state index is 11.1. The molecule has 1 fully saturated rings. The molecule has 0 radical (unpaired) electrons. The molecule has 0 aliphatic carbocycles. The Morgan fingerprint density at radius 3 is 2.75 bits per heavy atom. The van der Waals surface area contributed by atoms with E-state index in [0.717, 1.165) is 35.1 Å². The molecule has 1 N–H and O–H groups in total. The van der Waals surface area contributed by atoms with Gasteiger partial charge in [0.2, 0.25) is 0 Å². The summed E-state index contributed by atoms with van der Waals surface area (Å²) in [7, 11) is 0. The standard InChI is InChI=1S/C17H17N5O2/c23-17(24)21-6-3-12(4-7-21)16-14-2-1-13(22-8-5-18-11-22)9-15(14)19-10-20-16/h1-2,5,8-12H,3-4,6-7H2,(H,23,24). The van der Waals surface area contributed by atoms with E-state index in [4.69, 9.17) is 5.11 Å². The van der Waals surface area contributed by atoms with Crippen LogP contribution in [0.4, 0.5) is 4.79 Å². The Labute approximate surface area is 138 Å². The number of hydrogen-bond donors (Lipinski definition) is 1. The van der Waals surface area contributed by atoms with Crippen LogP contribution in [0.25, 0.3) is 16.6 Å². The monoisotopic (exact) mass is 323 g/mol. The highest BCUT2D eigenvalue weighted by atomic mass is 16.4. The number of piperidine rings is 1. The highest BCUT2D eigenvalue weighted by Crippen LogP contribution is 2.31. The van der Waals surface area contributed by atoms with E-state index in [1.165, 1.54) is 4.90 Å². The van der Waals surface area contributed by atoms with Crippen LogP contribution in [0.5, 0.6) is 0 Å². The van der Waals surface area contributed by atoms with Gasteiger partial charge >= 0.3 is 6.09 Å². The lowest BCUT2D eigenvalue weighted by Gasteiger charge is -2.30. The van der Waals surface area contributed by atoms with Gasteiger partial charge in [-0.25, -0.2) is 19.7 Å². The molecule has 3 heterocycles. The predicted molar refractivity (Wildman–Crippen MR) is 88.2 cm³/mol. The van der Waals surface area contributed by atoms with E-state index in [9.17, 15) is 4.79 Å². The second-order valence-corrected chi connectivity index (χ2v) is 5.97. The average molecular weight is 323 g/mol. The van der Waals surface area contributed by atoms with E-state index in [2.05, 4.69) is 15.0 Å². The fourth-order valence-corrected chi connectivity index (χ4v) is 3.31. The molecule has 24 heavy (non-hydrogen) atoms. The van der Waals surface area contributed by atoms with Crippen molar-refractivity contribution in [1.29, 1.82) is 0 Å². The summed E-state index contributed by atoms with van der Waals surface area (Å²) in [5.74, 6) is 0.269. The smallest absolute Gasteiger partial charge is 0.407 e. The molecule has 3 aromatic rings. The summed E-state index contributed by atoms with van der Waals surface area (Å²) < 4.78 is 1.94. The van der Waals surface area contributed by atoms with Crippen molar-refractivity contribution >= 4 is 17.0 Å². The van der Waals surface area contributed by atoms with Crippen LogP contribution in [0.15, 0.2) is 43.2 Å². The molecule has 1 aliphatic rings. The number of carboxylic acid groups (broad SMARTS) is 1. The molecule has 0 saturated carbocycles. The number of aromatic nitrogens is 4. The van der Waals surface area contributed by atoms with E-state index >= 15 is 0 Å². The van der Waals surface area contributed by atoms with Gasteiger partial charge in [0.1, 0.15) is 6.33 Å². The lowest BCUT2D eigenvalue weighted by Crippen LogP contribution is -2.37.